The third kappa shape index (κ3) is 2.88. The topological polar surface area (TPSA) is 47.7 Å². The molecular formula is C14H22N2O2. The molecule has 0 spiro atoms. The highest BCUT2D eigenvalue weighted by atomic mass is 16.6. The van der Waals surface area contributed by atoms with E-state index in [1.165, 1.54) is 11.3 Å². The number of ether oxygens (including phenoxy) is 2. The summed E-state index contributed by atoms with van der Waals surface area (Å²) in [7, 11) is 2.08. The first-order chi connectivity index (χ1) is 8.58. The van der Waals surface area contributed by atoms with E-state index in [-0.39, 0.29) is 6.04 Å². The average molecular weight is 250 g/mol. The summed E-state index contributed by atoms with van der Waals surface area (Å²) in [6.07, 6.45) is 0.977. The molecule has 1 aliphatic heterocycles. The van der Waals surface area contributed by atoms with Crippen LogP contribution in [0.25, 0.3) is 0 Å². The second-order valence-corrected chi connectivity index (χ2v) is 4.97. The zero-order valence-electron chi connectivity index (χ0n) is 11.4. The molecule has 4 heteroatoms. The Hall–Kier alpha value is -1.42. The summed E-state index contributed by atoms with van der Waals surface area (Å²) in [4.78, 5) is 2.22. The minimum absolute atomic E-state index is 0.227. The molecule has 0 saturated carbocycles. The van der Waals surface area contributed by atoms with Gasteiger partial charge in [-0.3, -0.25) is 0 Å². The van der Waals surface area contributed by atoms with E-state index in [2.05, 4.69) is 24.9 Å². The van der Waals surface area contributed by atoms with Gasteiger partial charge in [0.25, 0.3) is 0 Å². The fraction of sp³-hybridized carbons (Fsp3) is 0.571. The molecule has 0 aliphatic carbocycles. The predicted octanol–water partition coefficient (Wildman–Crippen LogP) is 1.94. The van der Waals surface area contributed by atoms with E-state index in [4.69, 9.17) is 15.2 Å². The van der Waals surface area contributed by atoms with Crippen molar-refractivity contribution >= 4 is 5.69 Å². The number of nitrogens with zero attached hydrogens (tertiary/aromatic N) is 1. The highest BCUT2D eigenvalue weighted by Gasteiger charge is 2.16. The van der Waals surface area contributed by atoms with Gasteiger partial charge in [0.1, 0.15) is 13.2 Å². The van der Waals surface area contributed by atoms with Crippen LogP contribution in [0.15, 0.2) is 12.1 Å². The van der Waals surface area contributed by atoms with Crippen LogP contribution in [-0.2, 0) is 0 Å². The van der Waals surface area contributed by atoms with Crippen molar-refractivity contribution in [3.8, 4) is 11.5 Å². The van der Waals surface area contributed by atoms with Crippen LogP contribution in [0.5, 0.6) is 11.5 Å². The standard InChI is InChI=1S/C14H22N2O2/c1-10-8-13-14(18-7-6-17-13)9-12(10)16(3)5-4-11(2)15/h8-9,11H,4-7,15H2,1-3H3. The van der Waals surface area contributed by atoms with Gasteiger partial charge in [0.15, 0.2) is 11.5 Å². The lowest BCUT2D eigenvalue weighted by molar-refractivity contribution is 0.171. The van der Waals surface area contributed by atoms with Gasteiger partial charge in [-0.25, -0.2) is 0 Å². The highest BCUT2D eigenvalue weighted by molar-refractivity contribution is 5.61. The Balaban J connectivity index is 2.17. The fourth-order valence-corrected chi connectivity index (χ4v) is 2.11. The molecule has 1 heterocycles. The van der Waals surface area contributed by atoms with Crippen LogP contribution < -0.4 is 20.1 Å². The lowest BCUT2D eigenvalue weighted by Crippen LogP contribution is -2.26. The SMILES string of the molecule is Cc1cc2c(cc1N(C)CCC(C)N)OCCO2. The van der Waals surface area contributed by atoms with Crippen LogP contribution in [0.4, 0.5) is 5.69 Å². The summed E-state index contributed by atoms with van der Waals surface area (Å²) in [5.41, 5.74) is 8.18. The molecule has 100 valence electrons. The summed E-state index contributed by atoms with van der Waals surface area (Å²) in [5.74, 6) is 1.69. The largest absolute Gasteiger partial charge is 0.486 e. The van der Waals surface area contributed by atoms with Gasteiger partial charge >= 0.3 is 0 Å². The average Bonchev–Trinajstić information content (AvgIpc) is 2.35. The van der Waals surface area contributed by atoms with Crippen LogP contribution in [-0.4, -0.2) is 32.8 Å². The molecule has 0 aromatic heterocycles. The Morgan fingerprint density at radius 2 is 1.89 bits per heavy atom. The molecule has 0 amide bonds. The maximum atomic E-state index is 5.80. The molecule has 2 N–H and O–H groups in total. The van der Waals surface area contributed by atoms with E-state index < -0.39 is 0 Å². The van der Waals surface area contributed by atoms with Crippen LogP contribution in [0.1, 0.15) is 18.9 Å². The number of fused-ring (bicyclic) bond motifs is 1. The molecule has 4 nitrogen and oxygen atoms in total. The van der Waals surface area contributed by atoms with E-state index in [1.807, 2.05) is 13.0 Å². The first kappa shape index (κ1) is 13.0. The van der Waals surface area contributed by atoms with Crippen molar-refractivity contribution in [2.24, 2.45) is 5.73 Å². The normalized spacial score (nSPS) is 15.3. The van der Waals surface area contributed by atoms with Crippen LogP contribution >= 0.6 is 0 Å². The van der Waals surface area contributed by atoms with Crippen molar-refractivity contribution in [2.75, 3.05) is 31.7 Å². The van der Waals surface area contributed by atoms with Gasteiger partial charge in [0, 0.05) is 31.4 Å². The first-order valence-electron chi connectivity index (χ1n) is 6.45. The number of nitrogens with two attached hydrogens (primary N) is 1. The zero-order valence-corrected chi connectivity index (χ0v) is 11.4. The summed E-state index contributed by atoms with van der Waals surface area (Å²) in [6, 6.07) is 4.34. The van der Waals surface area contributed by atoms with Gasteiger partial charge < -0.3 is 20.1 Å². The van der Waals surface area contributed by atoms with Gasteiger partial charge in [-0.1, -0.05) is 0 Å². The van der Waals surface area contributed by atoms with Crippen molar-refractivity contribution in [1.82, 2.24) is 0 Å². The molecule has 1 aromatic rings. The third-order valence-corrected chi connectivity index (χ3v) is 3.19. The Morgan fingerprint density at radius 1 is 1.28 bits per heavy atom. The second kappa shape index (κ2) is 5.48. The number of benzene rings is 1. The number of hydrogen-bond acceptors (Lipinski definition) is 4. The van der Waals surface area contributed by atoms with Crippen LogP contribution in [0, 0.1) is 6.92 Å². The molecule has 1 aromatic carbocycles. The Labute approximate surface area is 109 Å². The lowest BCUT2D eigenvalue weighted by atomic mass is 10.1. The molecule has 18 heavy (non-hydrogen) atoms. The van der Waals surface area contributed by atoms with Crippen molar-refractivity contribution in [3.05, 3.63) is 17.7 Å². The van der Waals surface area contributed by atoms with Gasteiger partial charge in [-0.2, -0.15) is 0 Å². The first-order valence-corrected chi connectivity index (χ1v) is 6.45. The Morgan fingerprint density at radius 3 is 2.50 bits per heavy atom. The summed E-state index contributed by atoms with van der Waals surface area (Å²) in [5, 5.41) is 0. The number of rotatable bonds is 4. The third-order valence-electron chi connectivity index (χ3n) is 3.19. The van der Waals surface area contributed by atoms with Crippen molar-refractivity contribution < 1.29 is 9.47 Å². The van der Waals surface area contributed by atoms with Gasteiger partial charge in [0.2, 0.25) is 0 Å². The van der Waals surface area contributed by atoms with Crippen molar-refractivity contribution in [1.29, 1.82) is 0 Å². The molecule has 1 atom stereocenters. The van der Waals surface area contributed by atoms with Gasteiger partial charge in [0.05, 0.1) is 0 Å². The van der Waals surface area contributed by atoms with E-state index in [0.29, 0.717) is 13.2 Å². The predicted molar refractivity (Wildman–Crippen MR) is 73.7 cm³/mol. The van der Waals surface area contributed by atoms with Crippen molar-refractivity contribution in [3.63, 3.8) is 0 Å². The summed E-state index contributed by atoms with van der Waals surface area (Å²) in [6.45, 7) is 6.32. The zero-order chi connectivity index (χ0) is 13.1. The molecule has 0 fully saturated rings. The molecule has 0 radical (unpaired) electrons. The monoisotopic (exact) mass is 250 g/mol. The Bertz CT molecular complexity index is 419. The minimum atomic E-state index is 0.227. The minimum Gasteiger partial charge on any atom is -0.486 e. The van der Waals surface area contributed by atoms with E-state index in [9.17, 15) is 0 Å². The summed E-state index contributed by atoms with van der Waals surface area (Å²) >= 11 is 0. The maximum absolute atomic E-state index is 5.80. The molecule has 0 bridgehead atoms. The van der Waals surface area contributed by atoms with Gasteiger partial charge in [-0.15, -0.1) is 0 Å². The summed E-state index contributed by atoms with van der Waals surface area (Å²) < 4.78 is 11.2. The van der Waals surface area contributed by atoms with Crippen LogP contribution in [0.3, 0.4) is 0 Å². The lowest BCUT2D eigenvalue weighted by Gasteiger charge is -2.26. The van der Waals surface area contributed by atoms with E-state index in [0.717, 1.165) is 24.5 Å². The Kier molecular flexibility index (Phi) is 3.97. The van der Waals surface area contributed by atoms with Gasteiger partial charge in [-0.05, 0) is 31.9 Å². The molecule has 1 aliphatic rings. The second-order valence-electron chi connectivity index (χ2n) is 4.97. The quantitative estimate of drug-likeness (QED) is 0.887. The smallest absolute Gasteiger partial charge is 0.163 e. The molecule has 0 saturated heterocycles. The molecular weight excluding hydrogens is 228 g/mol. The van der Waals surface area contributed by atoms with Crippen molar-refractivity contribution in [2.45, 2.75) is 26.3 Å². The van der Waals surface area contributed by atoms with Crippen LogP contribution in [0.2, 0.25) is 0 Å². The molecule has 1 unspecified atom stereocenters. The van der Waals surface area contributed by atoms with E-state index >= 15 is 0 Å². The highest BCUT2D eigenvalue weighted by Crippen LogP contribution is 2.36. The maximum Gasteiger partial charge on any atom is 0.163 e. The number of aryl methyl sites for hydroxylation is 1. The number of anilines is 1. The molecule has 2 rings (SSSR count). The number of hydrogen-bond donors (Lipinski definition) is 1. The fourth-order valence-electron chi connectivity index (χ4n) is 2.11. The van der Waals surface area contributed by atoms with E-state index in [1.54, 1.807) is 0 Å².